The quantitative estimate of drug-likeness (QED) is 0.859. The molecule has 3 nitrogen and oxygen atoms in total. The Labute approximate surface area is 119 Å². The zero-order valence-corrected chi connectivity index (χ0v) is 12.3. The first kappa shape index (κ1) is 13.4. The number of hydrogen-bond acceptors (Lipinski definition) is 2. The van der Waals surface area contributed by atoms with E-state index in [4.69, 9.17) is 11.6 Å². The molecule has 5 heteroatoms. The molecule has 0 aromatic heterocycles. The fourth-order valence-corrected chi connectivity index (χ4v) is 4.80. The van der Waals surface area contributed by atoms with E-state index in [0.717, 1.165) is 19.3 Å². The zero-order valence-electron chi connectivity index (χ0n) is 10.8. The van der Waals surface area contributed by atoms with Crippen molar-refractivity contribution in [2.24, 2.45) is 5.92 Å². The van der Waals surface area contributed by atoms with Gasteiger partial charge in [-0.2, -0.15) is 4.31 Å². The molecule has 19 heavy (non-hydrogen) atoms. The van der Waals surface area contributed by atoms with E-state index in [1.807, 2.05) is 0 Å². The van der Waals surface area contributed by atoms with Gasteiger partial charge in [0.15, 0.2) is 0 Å². The molecule has 0 spiro atoms. The summed E-state index contributed by atoms with van der Waals surface area (Å²) in [5.74, 6) is 0.586. The first-order valence-electron chi connectivity index (χ1n) is 6.86. The molecule has 2 fully saturated rings. The third-order valence-electron chi connectivity index (χ3n) is 4.08. The Morgan fingerprint density at radius 2 is 1.74 bits per heavy atom. The van der Waals surface area contributed by atoms with Crippen molar-refractivity contribution in [1.29, 1.82) is 0 Å². The summed E-state index contributed by atoms with van der Waals surface area (Å²) in [6.45, 7) is 0.659. The van der Waals surface area contributed by atoms with Crippen molar-refractivity contribution in [3.05, 3.63) is 29.3 Å². The van der Waals surface area contributed by atoms with Gasteiger partial charge < -0.3 is 0 Å². The van der Waals surface area contributed by atoms with Crippen LogP contribution in [0.5, 0.6) is 0 Å². The molecule has 1 unspecified atom stereocenters. The van der Waals surface area contributed by atoms with Gasteiger partial charge in [0, 0.05) is 17.6 Å². The smallest absolute Gasteiger partial charge is 0.207 e. The minimum atomic E-state index is -3.36. The second-order valence-corrected chi connectivity index (χ2v) is 7.80. The number of hydrogen-bond donors (Lipinski definition) is 0. The maximum absolute atomic E-state index is 12.7. The maximum Gasteiger partial charge on any atom is 0.243 e. The van der Waals surface area contributed by atoms with Gasteiger partial charge in [0.2, 0.25) is 10.0 Å². The van der Waals surface area contributed by atoms with Crippen LogP contribution in [0.25, 0.3) is 0 Å². The SMILES string of the molecule is O=S(=O)(c1ccc(Cl)cc1)N1CCCCC1C1CC1. The average molecular weight is 300 g/mol. The van der Waals surface area contributed by atoms with Crippen LogP contribution in [0.3, 0.4) is 0 Å². The molecule has 1 aromatic carbocycles. The lowest BCUT2D eigenvalue weighted by atomic mass is 10.0. The van der Waals surface area contributed by atoms with Crippen LogP contribution in [0, 0.1) is 5.92 Å². The van der Waals surface area contributed by atoms with Crippen LogP contribution in [0.4, 0.5) is 0 Å². The molecule has 1 atom stereocenters. The summed E-state index contributed by atoms with van der Waals surface area (Å²) in [5, 5.41) is 0.566. The molecule has 0 N–H and O–H groups in total. The fourth-order valence-electron chi connectivity index (χ4n) is 2.92. The largest absolute Gasteiger partial charge is 0.243 e. The van der Waals surface area contributed by atoms with Crippen molar-refractivity contribution in [3.8, 4) is 0 Å². The predicted molar refractivity (Wildman–Crippen MR) is 75.7 cm³/mol. The molecule has 0 radical (unpaired) electrons. The van der Waals surface area contributed by atoms with Crippen LogP contribution >= 0.6 is 11.6 Å². The Hall–Kier alpha value is -0.580. The van der Waals surface area contributed by atoms with Crippen molar-refractivity contribution in [3.63, 3.8) is 0 Å². The third-order valence-corrected chi connectivity index (χ3v) is 6.28. The summed E-state index contributed by atoms with van der Waals surface area (Å²) in [6, 6.07) is 6.72. The summed E-state index contributed by atoms with van der Waals surface area (Å²) >= 11 is 5.83. The fraction of sp³-hybridized carbons (Fsp3) is 0.571. The highest BCUT2D eigenvalue weighted by atomic mass is 35.5. The van der Waals surface area contributed by atoms with Crippen molar-refractivity contribution in [2.45, 2.75) is 43.0 Å². The van der Waals surface area contributed by atoms with Crippen molar-refractivity contribution in [2.75, 3.05) is 6.54 Å². The molecule has 3 rings (SSSR count). The van der Waals surface area contributed by atoms with E-state index in [2.05, 4.69) is 0 Å². The second kappa shape index (κ2) is 5.08. The number of sulfonamides is 1. The monoisotopic (exact) mass is 299 g/mol. The van der Waals surface area contributed by atoms with Crippen molar-refractivity contribution < 1.29 is 8.42 Å². The molecule has 1 aliphatic heterocycles. The van der Waals surface area contributed by atoms with E-state index in [1.54, 1.807) is 28.6 Å². The Balaban J connectivity index is 1.91. The summed E-state index contributed by atoms with van der Waals surface area (Å²) in [5.41, 5.74) is 0. The van der Waals surface area contributed by atoms with E-state index >= 15 is 0 Å². The van der Waals surface area contributed by atoms with Crippen LogP contribution < -0.4 is 0 Å². The van der Waals surface area contributed by atoms with Gasteiger partial charge in [-0.25, -0.2) is 8.42 Å². The van der Waals surface area contributed by atoms with Gasteiger partial charge in [-0.05, 0) is 55.9 Å². The van der Waals surface area contributed by atoms with E-state index in [-0.39, 0.29) is 6.04 Å². The van der Waals surface area contributed by atoms with Gasteiger partial charge in [-0.15, -0.1) is 0 Å². The summed E-state index contributed by atoms with van der Waals surface area (Å²) < 4.78 is 27.2. The highest BCUT2D eigenvalue weighted by molar-refractivity contribution is 7.89. The molecular formula is C14H18ClNO2S. The molecule has 1 saturated carbocycles. The van der Waals surface area contributed by atoms with Crippen LogP contribution in [0.2, 0.25) is 5.02 Å². The van der Waals surface area contributed by atoms with Crippen LogP contribution in [0.15, 0.2) is 29.2 Å². The third kappa shape index (κ3) is 2.67. The summed E-state index contributed by atoms with van der Waals surface area (Å²) in [4.78, 5) is 0.365. The van der Waals surface area contributed by atoms with Crippen molar-refractivity contribution in [1.82, 2.24) is 4.31 Å². The molecular weight excluding hydrogens is 282 g/mol. The minimum Gasteiger partial charge on any atom is -0.207 e. The van der Waals surface area contributed by atoms with Gasteiger partial charge in [0.1, 0.15) is 0 Å². The standard InChI is InChI=1S/C14H18ClNO2S/c15-12-6-8-13(9-7-12)19(17,18)16-10-2-1-3-14(16)11-4-5-11/h6-9,11,14H,1-5,10H2. The zero-order chi connectivity index (χ0) is 13.5. The normalized spacial score (nSPS) is 25.4. The van der Waals surface area contributed by atoms with Crippen molar-refractivity contribution >= 4 is 21.6 Å². The highest BCUT2D eigenvalue weighted by Gasteiger charge is 2.41. The Kier molecular flexibility index (Phi) is 3.58. The van der Waals surface area contributed by atoms with Gasteiger partial charge >= 0.3 is 0 Å². The minimum absolute atomic E-state index is 0.217. The lowest BCUT2D eigenvalue weighted by Gasteiger charge is -2.34. The van der Waals surface area contributed by atoms with E-state index in [9.17, 15) is 8.42 Å². The Morgan fingerprint density at radius 3 is 2.37 bits per heavy atom. The number of rotatable bonds is 3. The molecule has 0 bridgehead atoms. The molecule has 2 aliphatic rings. The first-order chi connectivity index (χ1) is 9.09. The topological polar surface area (TPSA) is 37.4 Å². The van der Waals surface area contributed by atoms with E-state index in [1.165, 1.54) is 12.8 Å². The van der Waals surface area contributed by atoms with Crippen LogP contribution in [-0.2, 0) is 10.0 Å². The lowest BCUT2D eigenvalue weighted by Crippen LogP contribution is -2.44. The van der Waals surface area contributed by atoms with Gasteiger partial charge in [0.25, 0.3) is 0 Å². The summed E-state index contributed by atoms with van der Waals surface area (Å²) in [6.07, 6.45) is 5.48. The first-order valence-corrected chi connectivity index (χ1v) is 8.68. The van der Waals surface area contributed by atoms with Crippen LogP contribution in [-0.4, -0.2) is 25.3 Å². The molecule has 1 saturated heterocycles. The highest BCUT2D eigenvalue weighted by Crippen LogP contribution is 2.41. The molecule has 0 amide bonds. The molecule has 1 aromatic rings. The number of nitrogens with zero attached hydrogens (tertiary/aromatic N) is 1. The van der Waals surface area contributed by atoms with Gasteiger partial charge in [0.05, 0.1) is 4.90 Å². The van der Waals surface area contributed by atoms with Gasteiger partial charge in [-0.3, -0.25) is 0 Å². The predicted octanol–water partition coefficient (Wildman–Crippen LogP) is 3.29. The van der Waals surface area contributed by atoms with E-state index in [0.29, 0.717) is 22.4 Å². The number of halogens is 1. The lowest BCUT2D eigenvalue weighted by molar-refractivity contribution is 0.229. The molecule has 104 valence electrons. The average Bonchev–Trinajstić information content (AvgIpc) is 3.23. The number of benzene rings is 1. The maximum atomic E-state index is 12.7. The number of piperidine rings is 1. The van der Waals surface area contributed by atoms with Crippen LogP contribution in [0.1, 0.15) is 32.1 Å². The summed E-state index contributed by atoms with van der Waals surface area (Å²) in [7, 11) is -3.36. The van der Waals surface area contributed by atoms with E-state index < -0.39 is 10.0 Å². The second-order valence-electron chi connectivity index (χ2n) is 5.47. The molecule has 1 heterocycles. The molecule has 1 aliphatic carbocycles. The Morgan fingerprint density at radius 1 is 1.05 bits per heavy atom. The van der Waals surface area contributed by atoms with Gasteiger partial charge in [-0.1, -0.05) is 18.0 Å². The Bertz CT molecular complexity index is 551.